The second-order valence-corrected chi connectivity index (χ2v) is 4.46. The molecule has 0 fully saturated rings. The van der Waals surface area contributed by atoms with Crippen molar-refractivity contribution >= 4 is 11.4 Å². The molecule has 21 heavy (non-hydrogen) atoms. The minimum absolute atomic E-state index is 0.0372. The lowest BCUT2D eigenvalue weighted by Crippen LogP contribution is -2.15. The van der Waals surface area contributed by atoms with Gasteiger partial charge in [-0.3, -0.25) is 0 Å². The van der Waals surface area contributed by atoms with Gasteiger partial charge in [0, 0.05) is 6.54 Å². The van der Waals surface area contributed by atoms with Gasteiger partial charge in [-0.25, -0.2) is 4.98 Å². The zero-order valence-corrected chi connectivity index (χ0v) is 10.9. The molecule has 0 bridgehead atoms. The predicted molar refractivity (Wildman–Crippen MR) is 73.5 cm³/mol. The molecule has 2 rings (SSSR count). The van der Waals surface area contributed by atoms with Crippen molar-refractivity contribution in [1.82, 2.24) is 4.98 Å². The first-order valence-electron chi connectivity index (χ1n) is 6.17. The van der Waals surface area contributed by atoms with Gasteiger partial charge < -0.3 is 16.2 Å². The smallest absolute Gasteiger partial charge is 0.396 e. The summed E-state index contributed by atoms with van der Waals surface area (Å²) < 4.78 is 37.7. The number of rotatable bonds is 4. The average Bonchev–Trinajstić information content (AvgIpc) is 2.45. The lowest BCUT2D eigenvalue weighted by Gasteiger charge is -2.15. The number of nitrogens with two attached hydrogens (primary N) is 1. The van der Waals surface area contributed by atoms with E-state index < -0.39 is 18.0 Å². The molecular weight excluding hydrogens is 283 g/mol. The normalized spacial score (nSPS) is 13.0. The van der Waals surface area contributed by atoms with E-state index in [0.717, 1.165) is 12.3 Å². The molecule has 1 unspecified atom stereocenters. The first-order valence-corrected chi connectivity index (χ1v) is 6.17. The maximum atomic E-state index is 12.6. The number of alkyl halides is 3. The molecule has 4 N–H and O–H groups in total. The molecule has 112 valence electrons. The molecule has 4 nitrogen and oxygen atoms in total. The predicted octanol–water partition coefficient (Wildman–Crippen LogP) is 2.83. The number of nitrogens with zero attached hydrogens (tertiary/aromatic N) is 1. The van der Waals surface area contributed by atoms with Crippen molar-refractivity contribution in [2.75, 3.05) is 17.6 Å². The Hall–Kier alpha value is -2.28. The van der Waals surface area contributed by atoms with Crippen molar-refractivity contribution in [3.05, 3.63) is 53.9 Å². The van der Waals surface area contributed by atoms with Crippen molar-refractivity contribution in [1.29, 1.82) is 0 Å². The number of aliphatic hydroxyl groups excluding tert-OH is 1. The minimum atomic E-state index is -4.54. The molecule has 0 aliphatic rings. The van der Waals surface area contributed by atoms with Crippen LogP contribution in [0, 0.1) is 0 Å². The van der Waals surface area contributed by atoms with Crippen LogP contribution < -0.4 is 11.1 Å². The van der Waals surface area contributed by atoms with Crippen molar-refractivity contribution in [2.45, 2.75) is 12.3 Å². The van der Waals surface area contributed by atoms with E-state index in [9.17, 15) is 18.3 Å². The molecular formula is C14H14F3N3O. The maximum Gasteiger partial charge on any atom is 0.433 e. The Bertz CT molecular complexity index is 602. The third-order valence-electron chi connectivity index (χ3n) is 2.90. The number of nitrogens with one attached hydrogen (secondary N) is 1. The lowest BCUT2D eigenvalue weighted by molar-refractivity contribution is -0.141. The van der Waals surface area contributed by atoms with Crippen molar-refractivity contribution in [3.63, 3.8) is 0 Å². The van der Waals surface area contributed by atoms with E-state index in [1.54, 1.807) is 30.3 Å². The Labute approximate surface area is 119 Å². The fourth-order valence-corrected chi connectivity index (χ4v) is 1.77. The Kier molecular flexibility index (Phi) is 4.32. The van der Waals surface area contributed by atoms with E-state index in [0.29, 0.717) is 5.56 Å². The number of aliphatic hydroxyl groups is 1. The average molecular weight is 297 g/mol. The summed E-state index contributed by atoms with van der Waals surface area (Å²) in [6.07, 6.45) is -4.45. The van der Waals surface area contributed by atoms with Crippen LogP contribution >= 0.6 is 0 Å². The van der Waals surface area contributed by atoms with Gasteiger partial charge in [0.15, 0.2) is 0 Å². The van der Waals surface area contributed by atoms with Crippen LogP contribution in [0.1, 0.15) is 17.4 Å². The summed E-state index contributed by atoms with van der Waals surface area (Å²) in [5.74, 6) is 0. The zero-order chi connectivity index (χ0) is 15.5. The van der Waals surface area contributed by atoms with Crippen LogP contribution in [0.5, 0.6) is 0 Å². The number of pyridine rings is 1. The molecule has 0 aliphatic heterocycles. The molecule has 0 saturated carbocycles. The maximum absolute atomic E-state index is 12.6. The molecule has 0 radical (unpaired) electrons. The van der Waals surface area contributed by atoms with Crippen LogP contribution in [0.3, 0.4) is 0 Å². The van der Waals surface area contributed by atoms with Gasteiger partial charge in [0.25, 0.3) is 0 Å². The van der Waals surface area contributed by atoms with Crippen LogP contribution in [0.2, 0.25) is 0 Å². The summed E-state index contributed by atoms with van der Waals surface area (Å²) in [5, 5.41) is 12.7. The van der Waals surface area contributed by atoms with Gasteiger partial charge in [-0.15, -0.1) is 0 Å². The third-order valence-corrected chi connectivity index (χ3v) is 2.90. The largest absolute Gasteiger partial charge is 0.433 e. The summed E-state index contributed by atoms with van der Waals surface area (Å²) in [6.45, 7) is 0.0372. The van der Waals surface area contributed by atoms with E-state index in [1.165, 1.54) is 0 Å². The SMILES string of the molecule is Nc1cnc(C(F)(F)F)cc1NCC(O)c1ccccc1. The van der Waals surface area contributed by atoms with Gasteiger partial charge in [0.1, 0.15) is 5.69 Å². The number of nitrogen functional groups attached to an aromatic ring is 1. The van der Waals surface area contributed by atoms with Crippen molar-refractivity contribution in [3.8, 4) is 0 Å². The van der Waals surface area contributed by atoms with E-state index in [2.05, 4.69) is 10.3 Å². The van der Waals surface area contributed by atoms with Gasteiger partial charge in [0.2, 0.25) is 0 Å². The van der Waals surface area contributed by atoms with Gasteiger partial charge in [-0.1, -0.05) is 30.3 Å². The monoisotopic (exact) mass is 297 g/mol. The number of hydrogen-bond donors (Lipinski definition) is 3. The van der Waals surface area contributed by atoms with Crippen LogP contribution in [-0.2, 0) is 6.18 Å². The quantitative estimate of drug-likeness (QED) is 0.811. The fourth-order valence-electron chi connectivity index (χ4n) is 1.77. The van der Waals surface area contributed by atoms with Gasteiger partial charge in [-0.05, 0) is 11.6 Å². The zero-order valence-electron chi connectivity index (χ0n) is 10.9. The highest BCUT2D eigenvalue weighted by Gasteiger charge is 2.32. The second kappa shape index (κ2) is 6.01. The second-order valence-electron chi connectivity index (χ2n) is 4.46. The van der Waals surface area contributed by atoms with Gasteiger partial charge in [0.05, 0.1) is 23.7 Å². The minimum Gasteiger partial charge on any atom is -0.396 e. The van der Waals surface area contributed by atoms with E-state index in [-0.39, 0.29) is 17.9 Å². The highest BCUT2D eigenvalue weighted by molar-refractivity contribution is 5.65. The number of hydrogen-bond acceptors (Lipinski definition) is 4. The summed E-state index contributed by atoms with van der Waals surface area (Å²) in [6, 6.07) is 9.61. The van der Waals surface area contributed by atoms with Crippen LogP contribution in [0.25, 0.3) is 0 Å². The topological polar surface area (TPSA) is 71.2 Å². The molecule has 2 aromatic rings. The number of benzene rings is 1. The van der Waals surface area contributed by atoms with Crippen LogP contribution in [-0.4, -0.2) is 16.6 Å². The van der Waals surface area contributed by atoms with E-state index in [1.807, 2.05) is 0 Å². The number of halogens is 3. The van der Waals surface area contributed by atoms with Gasteiger partial charge >= 0.3 is 6.18 Å². The summed E-state index contributed by atoms with van der Waals surface area (Å²) in [5.41, 5.74) is 5.39. The Morgan fingerprint density at radius 3 is 2.52 bits per heavy atom. The third kappa shape index (κ3) is 3.85. The molecule has 1 heterocycles. The van der Waals surface area contributed by atoms with Crippen molar-refractivity contribution < 1.29 is 18.3 Å². The molecule has 0 saturated heterocycles. The molecule has 1 atom stereocenters. The van der Waals surface area contributed by atoms with Crippen LogP contribution in [0.4, 0.5) is 24.5 Å². The molecule has 0 aliphatic carbocycles. The first-order chi connectivity index (χ1) is 9.88. The molecule has 0 amide bonds. The Morgan fingerprint density at radius 1 is 1.24 bits per heavy atom. The van der Waals surface area contributed by atoms with E-state index >= 15 is 0 Å². The summed E-state index contributed by atoms with van der Waals surface area (Å²) in [4.78, 5) is 3.24. The molecule has 1 aromatic heterocycles. The Morgan fingerprint density at radius 2 is 1.90 bits per heavy atom. The van der Waals surface area contributed by atoms with Crippen molar-refractivity contribution in [2.24, 2.45) is 0 Å². The van der Waals surface area contributed by atoms with Crippen LogP contribution in [0.15, 0.2) is 42.6 Å². The molecule has 1 aromatic carbocycles. The summed E-state index contributed by atoms with van der Waals surface area (Å²) >= 11 is 0. The lowest BCUT2D eigenvalue weighted by atomic mass is 10.1. The molecule has 7 heteroatoms. The fraction of sp³-hybridized carbons (Fsp3) is 0.214. The highest BCUT2D eigenvalue weighted by Crippen LogP contribution is 2.31. The summed E-state index contributed by atoms with van der Waals surface area (Å²) in [7, 11) is 0. The highest BCUT2D eigenvalue weighted by atomic mass is 19.4. The first kappa shape index (κ1) is 15.1. The molecule has 0 spiro atoms. The van der Waals surface area contributed by atoms with E-state index in [4.69, 9.17) is 5.73 Å². The standard InChI is InChI=1S/C14H14F3N3O/c15-14(16,17)13-6-11(10(18)7-20-13)19-8-12(21)9-4-2-1-3-5-9/h1-7,12,21H,8,18H2,(H,19,20). The Balaban J connectivity index is 2.09. The number of anilines is 2. The number of aromatic nitrogens is 1. The van der Waals surface area contributed by atoms with Gasteiger partial charge in [-0.2, -0.15) is 13.2 Å².